The van der Waals surface area contributed by atoms with Crippen molar-refractivity contribution >= 4 is 58.2 Å². The van der Waals surface area contributed by atoms with Gasteiger partial charge in [-0.05, 0) is 116 Å². The van der Waals surface area contributed by atoms with Crippen LogP contribution >= 0.6 is 11.9 Å². The van der Waals surface area contributed by atoms with E-state index in [1.807, 2.05) is 41.2 Å². The average molecular weight is 818 g/mol. The molecule has 4 aliphatic rings. The number of likely N-dealkylation sites (tertiary alicyclic amines) is 1. The van der Waals surface area contributed by atoms with Crippen LogP contribution in [0.1, 0.15) is 53.6 Å². The monoisotopic (exact) mass is 817 g/mol. The minimum Gasteiger partial charge on any atom is -0.496 e. The third-order valence-electron chi connectivity index (χ3n) is 12.7. The molecule has 0 bridgehead atoms. The Morgan fingerprint density at radius 2 is 1.92 bits per heavy atom. The van der Waals surface area contributed by atoms with Crippen LogP contribution in [0.3, 0.4) is 0 Å². The molecule has 3 aromatic carbocycles. The third-order valence-corrected chi connectivity index (χ3v) is 13.5. The topological polar surface area (TPSA) is 141 Å². The van der Waals surface area contributed by atoms with Crippen LogP contribution in [0, 0.1) is 11.3 Å². The molecule has 14 nitrogen and oxygen atoms in total. The smallest absolute Gasteiger partial charge is 0.255 e. The van der Waals surface area contributed by atoms with Crippen molar-refractivity contribution in [3.8, 4) is 5.75 Å². The molecule has 5 aromatic rings. The average Bonchev–Trinajstić information content (AvgIpc) is 4.08. The van der Waals surface area contributed by atoms with E-state index in [0.29, 0.717) is 53.6 Å². The lowest BCUT2D eigenvalue weighted by atomic mass is 9.71. The maximum absolute atomic E-state index is 13.4. The van der Waals surface area contributed by atoms with Gasteiger partial charge in [-0.2, -0.15) is 5.10 Å². The zero-order chi connectivity index (χ0) is 40.5. The Balaban J connectivity index is 0.738. The van der Waals surface area contributed by atoms with E-state index in [2.05, 4.69) is 65.3 Å². The van der Waals surface area contributed by atoms with Crippen molar-refractivity contribution in [3.63, 3.8) is 0 Å². The molecule has 2 atom stereocenters. The Morgan fingerprint density at radius 3 is 2.69 bits per heavy atom. The van der Waals surface area contributed by atoms with Crippen molar-refractivity contribution in [3.05, 3.63) is 89.7 Å². The standard InChI is InChI=1S/C44H51N9O5S/c1-45-40(55)10-9-35(27-54)53-26-32-7-8-34(22-37(32)43(53)56)50-16-11-30(24-50)23-49-17-12-44(13-18-49)28-51(29-44)33-5-3-6-36(21-33)59-48-42-41-38(57-2)19-31(20-39(41)58-47-42)25-52-15-4-14-46-52/h3-8,14-15,19-22,27,30,35H,9-13,16-18,23-26,28-29H2,1-2H3,(H,45,55)(H,47,48). The zero-order valence-electron chi connectivity index (χ0n) is 33.6. The van der Waals surface area contributed by atoms with Crippen LogP contribution in [-0.2, 0) is 22.7 Å². The van der Waals surface area contributed by atoms with Gasteiger partial charge < -0.3 is 43.7 Å². The Morgan fingerprint density at radius 1 is 1.07 bits per heavy atom. The van der Waals surface area contributed by atoms with E-state index < -0.39 is 6.04 Å². The highest BCUT2D eigenvalue weighted by molar-refractivity contribution is 8.00. The normalized spacial score (nSPS) is 19.3. The van der Waals surface area contributed by atoms with Crippen LogP contribution < -0.4 is 24.6 Å². The molecule has 2 N–H and O–H groups in total. The summed E-state index contributed by atoms with van der Waals surface area (Å²) >= 11 is 1.52. The van der Waals surface area contributed by atoms with Crippen molar-refractivity contribution in [2.24, 2.45) is 11.3 Å². The van der Waals surface area contributed by atoms with Gasteiger partial charge in [0.15, 0.2) is 11.4 Å². The van der Waals surface area contributed by atoms with Gasteiger partial charge in [-0.1, -0.05) is 17.3 Å². The summed E-state index contributed by atoms with van der Waals surface area (Å²) in [4.78, 5) is 47.3. The Bertz CT molecular complexity index is 2320. The van der Waals surface area contributed by atoms with Crippen molar-refractivity contribution < 1.29 is 23.6 Å². The summed E-state index contributed by atoms with van der Waals surface area (Å²) in [7, 11) is 3.24. The Kier molecular flexibility index (Phi) is 11.0. The van der Waals surface area contributed by atoms with Crippen molar-refractivity contribution in [1.29, 1.82) is 0 Å². The first-order valence-corrected chi connectivity index (χ1v) is 21.4. The van der Waals surface area contributed by atoms with Crippen LogP contribution in [0.2, 0.25) is 0 Å². The lowest BCUT2D eigenvalue weighted by Crippen LogP contribution is -2.60. The largest absolute Gasteiger partial charge is 0.496 e. The summed E-state index contributed by atoms with van der Waals surface area (Å²) in [5.74, 6) is 1.66. The number of nitrogens with zero attached hydrogens (tertiary/aromatic N) is 7. The molecule has 15 heteroatoms. The molecule has 0 saturated carbocycles. The Labute approximate surface area is 348 Å². The number of aromatic nitrogens is 3. The number of rotatable bonds is 15. The molecule has 3 fully saturated rings. The lowest BCUT2D eigenvalue weighted by molar-refractivity contribution is -0.121. The van der Waals surface area contributed by atoms with E-state index in [-0.39, 0.29) is 18.2 Å². The number of amides is 2. The number of hydrogen-bond acceptors (Lipinski definition) is 12. The van der Waals surface area contributed by atoms with Crippen molar-refractivity contribution in [2.45, 2.75) is 56.1 Å². The number of piperidine rings is 1. The van der Waals surface area contributed by atoms with Crippen molar-refractivity contribution in [1.82, 2.24) is 30.1 Å². The molecule has 0 radical (unpaired) electrons. The van der Waals surface area contributed by atoms with Gasteiger partial charge in [-0.15, -0.1) is 0 Å². The molecule has 6 heterocycles. The maximum Gasteiger partial charge on any atom is 0.255 e. The SMILES string of the molecule is CNC(=O)CCC(C=O)N1Cc2ccc(N3CCC(CN4CCC5(CC4)CN(c4cccc(SNc6noc7cc(Cn8cccn8)cc(OC)c67)c4)C5)C3)cc2C1=O. The summed E-state index contributed by atoms with van der Waals surface area (Å²) in [6.45, 7) is 8.50. The summed E-state index contributed by atoms with van der Waals surface area (Å²) < 4.78 is 16.7. The molecule has 2 aromatic heterocycles. The van der Waals surface area contributed by atoms with Crippen molar-refractivity contribution in [2.75, 3.05) is 74.5 Å². The minimum atomic E-state index is -0.606. The second-order valence-electron chi connectivity index (χ2n) is 16.6. The maximum atomic E-state index is 13.4. The third kappa shape index (κ3) is 8.09. The van der Waals surface area contributed by atoms with Gasteiger partial charge in [0.2, 0.25) is 5.91 Å². The van der Waals surface area contributed by atoms with Crippen LogP contribution in [0.4, 0.5) is 17.2 Å². The number of carbonyl (C=O) groups is 3. The second kappa shape index (κ2) is 16.6. The van der Waals surface area contributed by atoms with Gasteiger partial charge in [-0.3, -0.25) is 14.3 Å². The van der Waals surface area contributed by atoms with Crippen LogP contribution in [0.15, 0.2) is 82.5 Å². The first-order valence-electron chi connectivity index (χ1n) is 20.6. The number of hydrogen-bond donors (Lipinski definition) is 2. The highest BCUT2D eigenvalue weighted by Crippen LogP contribution is 2.44. The first kappa shape index (κ1) is 38.9. The number of benzene rings is 3. The number of ether oxygens (including phenoxy) is 1. The van der Waals surface area contributed by atoms with E-state index in [4.69, 9.17) is 9.26 Å². The lowest BCUT2D eigenvalue weighted by Gasteiger charge is -2.55. The molecule has 2 amide bonds. The number of anilines is 3. The van der Waals surface area contributed by atoms with E-state index in [1.54, 1.807) is 25.3 Å². The molecule has 0 aliphatic carbocycles. The predicted octanol–water partition coefficient (Wildman–Crippen LogP) is 5.68. The summed E-state index contributed by atoms with van der Waals surface area (Å²) in [5.41, 5.74) is 5.99. The molecule has 9 rings (SSSR count). The Hall–Kier alpha value is -5.54. The fourth-order valence-corrected chi connectivity index (χ4v) is 10.1. The molecule has 59 heavy (non-hydrogen) atoms. The molecule has 308 valence electrons. The summed E-state index contributed by atoms with van der Waals surface area (Å²) in [5, 5.41) is 12.0. The molecule has 2 unspecified atom stereocenters. The van der Waals surface area contributed by atoms with Crippen LogP contribution in [-0.4, -0.2) is 109 Å². The van der Waals surface area contributed by atoms with Gasteiger partial charge >= 0.3 is 0 Å². The van der Waals surface area contributed by atoms with Gasteiger partial charge in [0, 0.05) is 92.4 Å². The van der Waals surface area contributed by atoms with Crippen LogP contribution in [0.5, 0.6) is 5.75 Å². The minimum absolute atomic E-state index is 0.123. The zero-order valence-corrected chi connectivity index (χ0v) is 34.5. The van der Waals surface area contributed by atoms with E-state index in [1.165, 1.54) is 30.5 Å². The quantitative estimate of drug-likeness (QED) is 0.0993. The highest BCUT2D eigenvalue weighted by Gasteiger charge is 2.45. The molecule has 1 spiro atoms. The van der Waals surface area contributed by atoms with Crippen LogP contribution in [0.25, 0.3) is 11.0 Å². The first-order chi connectivity index (χ1) is 28.8. The number of methoxy groups -OCH3 is 1. The fraction of sp³-hybridized carbons (Fsp3) is 0.432. The van der Waals surface area contributed by atoms with Gasteiger partial charge in [0.1, 0.15) is 17.4 Å². The number of fused-ring (bicyclic) bond motifs is 2. The predicted molar refractivity (Wildman–Crippen MR) is 228 cm³/mol. The summed E-state index contributed by atoms with van der Waals surface area (Å²) in [6, 6.07) is 20.1. The van der Waals surface area contributed by atoms with Gasteiger partial charge in [0.05, 0.1) is 19.7 Å². The van der Waals surface area contributed by atoms with Gasteiger partial charge in [-0.25, -0.2) is 0 Å². The van der Waals surface area contributed by atoms with E-state index >= 15 is 0 Å². The highest BCUT2D eigenvalue weighted by atomic mass is 32.2. The van der Waals surface area contributed by atoms with Gasteiger partial charge in [0.25, 0.3) is 5.91 Å². The number of nitrogens with one attached hydrogen (secondary N) is 2. The molecular weight excluding hydrogens is 767 g/mol. The number of aldehydes is 1. The molecular formula is C44H51N9O5S. The second-order valence-corrected chi connectivity index (χ2v) is 17.4. The van der Waals surface area contributed by atoms with E-state index in [0.717, 1.165) is 85.6 Å². The summed E-state index contributed by atoms with van der Waals surface area (Å²) in [6.07, 6.45) is 8.59. The molecule has 4 aliphatic heterocycles. The molecule has 3 saturated heterocycles. The number of carbonyl (C=O) groups excluding carboxylic acids is 3. The fourth-order valence-electron chi connectivity index (χ4n) is 9.37. The van der Waals surface area contributed by atoms with E-state index in [9.17, 15) is 14.4 Å².